The van der Waals surface area contributed by atoms with Crippen molar-refractivity contribution in [2.75, 3.05) is 5.75 Å². The van der Waals surface area contributed by atoms with Crippen molar-refractivity contribution in [3.05, 3.63) is 126 Å². The van der Waals surface area contributed by atoms with E-state index in [1.807, 2.05) is 60.7 Å². The summed E-state index contributed by atoms with van der Waals surface area (Å²) in [6.07, 6.45) is -0.0207. The zero-order chi connectivity index (χ0) is 33.0. The van der Waals surface area contributed by atoms with Gasteiger partial charge in [-0.3, -0.25) is 14.5 Å². The Bertz CT molecular complexity index is 1610. The van der Waals surface area contributed by atoms with Crippen LogP contribution in [0.25, 0.3) is 0 Å². The van der Waals surface area contributed by atoms with E-state index in [-0.39, 0.29) is 11.4 Å². The van der Waals surface area contributed by atoms with Crippen molar-refractivity contribution in [3.63, 3.8) is 0 Å². The number of amides is 3. The highest BCUT2D eigenvalue weighted by molar-refractivity contribution is 8.00. The van der Waals surface area contributed by atoms with Crippen molar-refractivity contribution >= 4 is 35.6 Å². The number of phenolic OH excluding ortho intramolecular Hbond substituents is 1. The van der Waals surface area contributed by atoms with Gasteiger partial charge in [0.2, 0.25) is 5.91 Å². The molecule has 3 aromatic rings. The van der Waals surface area contributed by atoms with Gasteiger partial charge in [-0.1, -0.05) is 85.5 Å². The van der Waals surface area contributed by atoms with Crippen molar-refractivity contribution in [1.29, 1.82) is 0 Å². The third kappa shape index (κ3) is 7.10. The van der Waals surface area contributed by atoms with Gasteiger partial charge in [0, 0.05) is 5.75 Å². The number of aromatic hydroxyl groups is 1. The number of alkyl carbamates (subject to hydrolysis) is 1. The van der Waals surface area contributed by atoms with E-state index < -0.39 is 53.0 Å². The average molecular weight is 642 g/mol. The number of thioether (sulfide) groups is 1. The SMILES string of the molecule is C=CC1=C(C(=O)OC(c2ccccc2)c2ccccc2)N2C(=O)[C@@H](NC(=O)C(NC(=O)OC(C)(C)C)c3ccc(O)cc3)[C@H]2SC1. The van der Waals surface area contributed by atoms with Crippen LogP contribution in [0.2, 0.25) is 0 Å². The monoisotopic (exact) mass is 641 g/mol. The molecule has 2 aliphatic heterocycles. The Hall–Kier alpha value is -5.03. The molecule has 3 aromatic carbocycles. The number of allylic oxidation sites excluding steroid dienone is 1. The molecule has 46 heavy (non-hydrogen) atoms. The van der Waals surface area contributed by atoms with Gasteiger partial charge in [0.15, 0.2) is 6.10 Å². The van der Waals surface area contributed by atoms with Crippen LogP contribution in [0.3, 0.4) is 0 Å². The van der Waals surface area contributed by atoms with Gasteiger partial charge >= 0.3 is 12.1 Å². The largest absolute Gasteiger partial charge is 0.508 e. The van der Waals surface area contributed by atoms with E-state index >= 15 is 0 Å². The van der Waals surface area contributed by atoms with Gasteiger partial charge < -0.3 is 25.2 Å². The smallest absolute Gasteiger partial charge is 0.408 e. The zero-order valence-electron chi connectivity index (χ0n) is 25.6. The molecule has 0 bridgehead atoms. The third-order valence-electron chi connectivity index (χ3n) is 7.31. The fourth-order valence-electron chi connectivity index (χ4n) is 5.16. The molecule has 1 saturated heterocycles. The molecule has 0 aromatic heterocycles. The molecule has 2 heterocycles. The quantitative estimate of drug-likeness (QED) is 0.216. The predicted molar refractivity (Wildman–Crippen MR) is 173 cm³/mol. The van der Waals surface area contributed by atoms with Crippen LogP contribution in [0, 0.1) is 0 Å². The fraction of sp³-hybridized carbons (Fsp3) is 0.257. The van der Waals surface area contributed by atoms with Crippen molar-refractivity contribution in [1.82, 2.24) is 15.5 Å². The molecule has 238 valence electrons. The van der Waals surface area contributed by atoms with Crippen LogP contribution in [0.5, 0.6) is 5.75 Å². The van der Waals surface area contributed by atoms with Gasteiger partial charge in [0.1, 0.15) is 34.5 Å². The van der Waals surface area contributed by atoms with Crippen molar-refractivity contribution in [2.45, 2.75) is 49.9 Å². The number of rotatable bonds is 9. The predicted octanol–water partition coefficient (Wildman–Crippen LogP) is 5.13. The number of β-lactam (4-membered cyclic amide) rings is 1. The first-order valence-electron chi connectivity index (χ1n) is 14.7. The number of fused-ring (bicyclic) bond motifs is 1. The Balaban J connectivity index is 1.36. The highest BCUT2D eigenvalue weighted by Gasteiger charge is 2.54. The second kappa shape index (κ2) is 13.5. The maximum atomic E-state index is 13.8. The number of ether oxygens (including phenoxy) is 2. The molecule has 5 rings (SSSR count). The van der Waals surface area contributed by atoms with Crippen molar-refractivity contribution in [3.8, 4) is 5.75 Å². The minimum Gasteiger partial charge on any atom is -0.508 e. The summed E-state index contributed by atoms with van der Waals surface area (Å²) in [4.78, 5) is 55.1. The number of nitrogens with one attached hydrogen (secondary N) is 2. The Morgan fingerprint density at radius 3 is 2.09 bits per heavy atom. The number of phenols is 1. The molecular formula is C35H35N3O7S. The standard InChI is InChI=1S/C35H35N3O7S/c1-5-21-20-46-32-27(36-30(40)26(22-16-18-25(39)19-17-22)37-34(43)45-35(2,3)4)31(41)38(32)28(21)33(42)44-29(23-12-8-6-9-13-23)24-14-10-7-11-15-24/h5-19,26-27,29,32,39H,1,20H2,2-4H3,(H,36,40)(H,37,43)/t26?,27-,32-/m1/s1. The van der Waals surface area contributed by atoms with Crippen LogP contribution in [0.15, 0.2) is 109 Å². The molecule has 2 aliphatic rings. The molecule has 1 fully saturated rings. The lowest BCUT2D eigenvalue weighted by molar-refractivity contribution is -0.154. The van der Waals surface area contributed by atoms with Crippen LogP contribution in [0.1, 0.15) is 49.6 Å². The van der Waals surface area contributed by atoms with Gasteiger partial charge in [-0.2, -0.15) is 0 Å². The van der Waals surface area contributed by atoms with Gasteiger partial charge in [-0.25, -0.2) is 9.59 Å². The summed E-state index contributed by atoms with van der Waals surface area (Å²) >= 11 is 1.37. The van der Waals surface area contributed by atoms with Crippen LogP contribution < -0.4 is 10.6 Å². The number of hydrogen-bond acceptors (Lipinski definition) is 8. The van der Waals surface area contributed by atoms with Crippen LogP contribution >= 0.6 is 11.8 Å². The number of nitrogens with zero attached hydrogens (tertiary/aromatic N) is 1. The van der Waals surface area contributed by atoms with Crippen molar-refractivity contribution < 1.29 is 33.8 Å². The number of esters is 1. The summed E-state index contributed by atoms with van der Waals surface area (Å²) in [5.41, 5.74) is 1.70. The zero-order valence-corrected chi connectivity index (χ0v) is 26.5. The number of hydrogen-bond donors (Lipinski definition) is 3. The summed E-state index contributed by atoms with van der Waals surface area (Å²) < 4.78 is 11.4. The maximum absolute atomic E-state index is 13.8. The van der Waals surface area contributed by atoms with Crippen LogP contribution in [-0.4, -0.2) is 56.7 Å². The molecule has 11 heteroatoms. The normalized spacial score (nSPS) is 18.2. The van der Waals surface area contributed by atoms with Crippen LogP contribution in [0.4, 0.5) is 4.79 Å². The second-order valence-electron chi connectivity index (χ2n) is 11.8. The first-order valence-corrected chi connectivity index (χ1v) is 15.7. The van der Waals surface area contributed by atoms with Gasteiger partial charge in [-0.05, 0) is 55.2 Å². The number of carbonyl (C=O) groups is 4. The van der Waals surface area contributed by atoms with E-state index in [0.29, 0.717) is 16.9 Å². The molecule has 3 amide bonds. The molecule has 0 spiro atoms. The van der Waals surface area contributed by atoms with E-state index in [2.05, 4.69) is 17.2 Å². The first kappa shape index (κ1) is 32.4. The van der Waals surface area contributed by atoms with Crippen LogP contribution in [-0.2, 0) is 23.9 Å². The lowest BCUT2D eigenvalue weighted by Gasteiger charge is -2.49. The van der Waals surface area contributed by atoms with Gasteiger partial charge in [-0.15, -0.1) is 11.8 Å². The lowest BCUT2D eigenvalue weighted by Crippen LogP contribution is -2.71. The van der Waals surface area contributed by atoms with E-state index in [1.54, 1.807) is 20.8 Å². The molecule has 10 nitrogen and oxygen atoms in total. The van der Waals surface area contributed by atoms with E-state index in [4.69, 9.17) is 9.47 Å². The van der Waals surface area contributed by atoms with Crippen molar-refractivity contribution in [2.24, 2.45) is 0 Å². The Kier molecular flexibility index (Phi) is 9.52. The molecule has 3 N–H and O–H groups in total. The van der Waals surface area contributed by atoms with E-state index in [9.17, 15) is 24.3 Å². The summed E-state index contributed by atoms with van der Waals surface area (Å²) in [5.74, 6) is -1.52. The highest BCUT2D eigenvalue weighted by atomic mass is 32.2. The Labute approximate surface area is 271 Å². The molecule has 0 aliphatic carbocycles. The molecular weight excluding hydrogens is 606 g/mol. The molecule has 1 unspecified atom stereocenters. The second-order valence-corrected chi connectivity index (χ2v) is 12.9. The molecule has 0 radical (unpaired) electrons. The van der Waals surface area contributed by atoms with Gasteiger partial charge in [0.25, 0.3) is 5.91 Å². The summed E-state index contributed by atoms with van der Waals surface area (Å²) in [5, 5.41) is 14.5. The summed E-state index contributed by atoms with van der Waals surface area (Å²) in [7, 11) is 0. The maximum Gasteiger partial charge on any atom is 0.408 e. The average Bonchev–Trinajstić information content (AvgIpc) is 3.04. The molecule has 0 saturated carbocycles. The summed E-state index contributed by atoms with van der Waals surface area (Å²) in [6, 6.07) is 22.2. The van der Waals surface area contributed by atoms with E-state index in [0.717, 1.165) is 11.1 Å². The molecule has 3 atom stereocenters. The number of benzene rings is 3. The number of carbonyl (C=O) groups excluding carboxylic acids is 4. The Morgan fingerprint density at radius 2 is 1.54 bits per heavy atom. The Morgan fingerprint density at radius 1 is 0.957 bits per heavy atom. The minimum atomic E-state index is -1.23. The fourth-order valence-corrected chi connectivity index (χ4v) is 6.50. The van der Waals surface area contributed by atoms with Gasteiger partial charge in [0.05, 0.1) is 0 Å². The van der Waals surface area contributed by atoms with E-state index in [1.165, 1.54) is 47.0 Å². The summed E-state index contributed by atoms with van der Waals surface area (Å²) in [6.45, 7) is 8.93. The first-order chi connectivity index (χ1) is 22.0. The third-order valence-corrected chi connectivity index (χ3v) is 8.62. The highest BCUT2D eigenvalue weighted by Crippen LogP contribution is 2.42. The minimum absolute atomic E-state index is 0.0189. The topological polar surface area (TPSA) is 134 Å². The lowest BCUT2D eigenvalue weighted by atomic mass is 10.00.